The highest BCUT2D eigenvalue weighted by molar-refractivity contribution is 5.89. The van der Waals surface area contributed by atoms with E-state index in [9.17, 15) is 9.59 Å². The topological polar surface area (TPSA) is 52.6 Å². The summed E-state index contributed by atoms with van der Waals surface area (Å²) in [5.74, 6) is -0.241. The normalized spacial score (nSPS) is 13.2. The molecular weight excluding hydrogens is 316 g/mol. The molecule has 4 heteroatoms. The summed E-state index contributed by atoms with van der Waals surface area (Å²) in [6.45, 7) is 14.5. The second-order valence-electron chi connectivity index (χ2n) is 8.54. The van der Waals surface area contributed by atoms with Crippen molar-refractivity contribution in [2.75, 3.05) is 6.61 Å². The minimum atomic E-state index is -0.486. The van der Waals surface area contributed by atoms with Gasteiger partial charge in [0.1, 0.15) is 5.60 Å². The quantitative estimate of drug-likeness (QED) is 0.529. The smallest absolute Gasteiger partial charge is 0.338 e. The van der Waals surface area contributed by atoms with Crippen molar-refractivity contribution >= 4 is 11.9 Å². The van der Waals surface area contributed by atoms with Gasteiger partial charge in [-0.25, -0.2) is 4.79 Å². The van der Waals surface area contributed by atoms with Gasteiger partial charge in [-0.15, -0.1) is 0 Å². The molecule has 0 heterocycles. The third kappa shape index (κ3) is 7.72. The first-order valence-corrected chi connectivity index (χ1v) is 8.89. The van der Waals surface area contributed by atoms with Crippen molar-refractivity contribution in [2.24, 2.45) is 5.41 Å². The van der Waals surface area contributed by atoms with E-state index in [0.29, 0.717) is 17.9 Å². The lowest BCUT2D eigenvalue weighted by atomic mass is 9.78. The fourth-order valence-corrected chi connectivity index (χ4v) is 2.27. The fourth-order valence-electron chi connectivity index (χ4n) is 2.27. The summed E-state index contributed by atoms with van der Waals surface area (Å²) >= 11 is 0. The van der Waals surface area contributed by atoms with Gasteiger partial charge in [0.15, 0.2) is 0 Å². The molecule has 0 bridgehead atoms. The Morgan fingerprint density at radius 1 is 1.00 bits per heavy atom. The number of carbonyl (C=O) groups is 2. The first-order chi connectivity index (χ1) is 11.4. The van der Waals surface area contributed by atoms with Crippen molar-refractivity contribution in [1.82, 2.24) is 0 Å². The summed E-state index contributed by atoms with van der Waals surface area (Å²) in [6, 6.07) is 7.56. The van der Waals surface area contributed by atoms with Crippen LogP contribution in [0.2, 0.25) is 0 Å². The molecule has 1 aromatic carbocycles. The Morgan fingerprint density at radius 2 is 1.56 bits per heavy atom. The molecule has 1 atom stereocenters. The van der Waals surface area contributed by atoms with Gasteiger partial charge in [-0.3, -0.25) is 4.79 Å². The largest absolute Gasteiger partial charge is 0.462 e. The molecule has 4 nitrogen and oxygen atoms in total. The van der Waals surface area contributed by atoms with E-state index in [2.05, 4.69) is 27.7 Å². The lowest BCUT2D eigenvalue weighted by molar-refractivity contribution is -0.155. The van der Waals surface area contributed by atoms with Crippen molar-refractivity contribution in [3.05, 3.63) is 35.4 Å². The van der Waals surface area contributed by atoms with Gasteiger partial charge in [0.25, 0.3) is 0 Å². The van der Waals surface area contributed by atoms with Gasteiger partial charge < -0.3 is 9.47 Å². The Hall–Kier alpha value is -1.84. The van der Waals surface area contributed by atoms with E-state index < -0.39 is 5.60 Å². The maximum absolute atomic E-state index is 12.1. The number of benzene rings is 1. The maximum atomic E-state index is 12.1. The Bertz CT molecular complexity index is 573. The molecule has 0 aromatic heterocycles. The monoisotopic (exact) mass is 348 g/mol. The summed E-state index contributed by atoms with van der Waals surface area (Å²) < 4.78 is 10.4. The van der Waals surface area contributed by atoms with Crippen molar-refractivity contribution in [2.45, 2.75) is 72.8 Å². The van der Waals surface area contributed by atoms with Crippen molar-refractivity contribution < 1.29 is 19.1 Å². The van der Waals surface area contributed by atoms with Gasteiger partial charge in [-0.1, -0.05) is 39.8 Å². The molecular formula is C21H32O4. The van der Waals surface area contributed by atoms with Crippen LogP contribution in [0.25, 0.3) is 0 Å². The van der Waals surface area contributed by atoms with Crippen molar-refractivity contribution in [3.8, 4) is 0 Å². The third-order valence-electron chi connectivity index (χ3n) is 4.12. The van der Waals surface area contributed by atoms with E-state index in [-0.39, 0.29) is 30.4 Å². The summed E-state index contributed by atoms with van der Waals surface area (Å²) in [5.41, 5.74) is 1.42. The van der Waals surface area contributed by atoms with Crippen LogP contribution in [0, 0.1) is 5.41 Å². The lowest BCUT2D eigenvalue weighted by Crippen LogP contribution is -2.24. The van der Waals surface area contributed by atoms with E-state index in [0.717, 1.165) is 0 Å². The first kappa shape index (κ1) is 21.2. The Labute approximate surface area is 151 Å². The fraction of sp³-hybridized carbons (Fsp3) is 0.619. The molecule has 0 fully saturated rings. The number of rotatable bonds is 6. The molecule has 0 saturated carbocycles. The van der Waals surface area contributed by atoms with Crippen LogP contribution in [0.5, 0.6) is 0 Å². The van der Waals surface area contributed by atoms with E-state index >= 15 is 0 Å². The summed E-state index contributed by atoms with van der Waals surface area (Å²) in [4.78, 5) is 23.7. The van der Waals surface area contributed by atoms with Crippen LogP contribution < -0.4 is 0 Å². The zero-order valence-corrected chi connectivity index (χ0v) is 16.6. The minimum absolute atomic E-state index is 0.170. The predicted octanol–water partition coefficient (Wildman–Crippen LogP) is 5.11. The van der Waals surface area contributed by atoms with Gasteiger partial charge in [-0.05, 0) is 56.2 Å². The second-order valence-corrected chi connectivity index (χ2v) is 8.54. The van der Waals surface area contributed by atoms with Gasteiger partial charge in [0.2, 0.25) is 0 Å². The van der Waals surface area contributed by atoms with Gasteiger partial charge in [0.05, 0.1) is 12.2 Å². The van der Waals surface area contributed by atoms with Gasteiger partial charge >= 0.3 is 11.9 Å². The molecule has 0 amide bonds. The number of ether oxygens (including phenoxy) is 2. The average molecular weight is 348 g/mol. The van der Waals surface area contributed by atoms with Crippen molar-refractivity contribution in [3.63, 3.8) is 0 Å². The predicted molar refractivity (Wildman–Crippen MR) is 99.7 cm³/mol. The number of hydrogen-bond acceptors (Lipinski definition) is 4. The number of esters is 2. The van der Waals surface area contributed by atoms with Crippen LogP contribution in [0.4, 0.5) is 0 Å². The summed E-state index contributed by atoms with van der Waals surface area (Å²) in [5, 5.41) is 0. The molecule has 140 valence electrons. The third-order valence-corrected chi connectivity index (χ3v) is 4.12. The molecule has 1 aromatic rings. The molecule has 1 unspecified atom stereocenters. The molecule has 0 aliphatic heterocycles. The van der Waals surface area contributed by atoms with E-state index in [1.807, 2.05) is 32.9 Å². The highest BCUT2D eigenvalue weighted by atomic mass is 16.6. The molecule has 0 spiro atoms. The molecule has 0 aliphatic carbocycles. The molecule has 0 aliphatic rings. The van der Waals surface area contributed by atoms with Crippen LogP contribution >= 0.6 is 0 Å². The standard InChI is InChI=1S/C21H32O4/c1-15(20(2,3)4)16-10-12-17(13-11-16)19(23)24-14-8-9-18(22)25-21(5,6)7/h10-13,15H,8-9,14H2,1-7H3. The highest BCUT2D eigenvalue weighted by Gasteiger charge is 2.22. The van der Waals surface area contributed by atoms with E-state index in [1.54, 1.807) is 12.1 Å². The lowest BCUT2D eigenvalue weighted by Gasteiger charge is -2.27. The Balaban J connectivity index is 2.44. The minimum Gasteiger partial charge on any atom is -0.462 e. The molecule has 0 saturated heterocycles. The Morgan fingerprint density at radius 3 is 2.04 bits per heavy atom. The van der Waals surface area contributed by atoms with Gasteiger partial charge in [-0.2, -0.15) is 0 Å². The zero-order chi connectivity index (χ0) is 19.3. The number of carbonyl (C=O) groups excluding carboxylic acids is 2. The van der Waals surface area contributed by atoms with Crippen LogP contribution in [0.3, 0.4) is 0 Å². The SMILES string of the molecule is CC(c1ccc(C(=O)OCCCC(=O)OC(C)(C)C)cc1)C(C)(C)C. The van der Waals surface area contributed by atoms with Crippen LogP contribution in [-0.4, -0.2) is 24.1 Å². The molecule has 1 rings (SSSR count). The first-order valence-electron chi connectivity index (χ1n) is 8.89. The van der Waals surface area contributed by atoms with E-state index in [1.165, 1.54) is 5.56 Å². The zero-order valence-electron chi connectivity index (χ0n) is 16.6. The van der Waals surface area contributed by atoms with Crippen LogP contribution in [0.1, 0.15) is 83.1 Å². The second kappa shape index (κ2) is 8.50. The van der Waals surface area contributed by atoms with Crippen LogP contribution in [0.15, 0.2) is 24.3 Å². The molecule has 25 heavy (non-hydrogen) atoms. The highest BCUT2D eigenvalue weighted by Crippen LogP contribution is 2.34. The molecule has 0 N–H and O–H groups in total. The van der Waals surface area contributed by atoms with E-state index in [4.69, 9.17) is 9.47 Å². The van der Waals surface area contributed by atoms with Crippen LogP contribution in [-0.2, 0) is 14.3 Å². The average Bonchev–Trinajstić information content (AvgIpc) is 2.48. The Kier molecular flexibility index (Phi) is 7.21. The molecule has 0 radical (unpaired) electrons. The number of hydrogen-bond donors (Lipinski definition) is 0. The van der Waals surface area contributed by atoms with Gasteiger partial charge in [0, 0.05) is 6.42 Å². The summed E-state index contributed by atoms with van der Waals surface area (Å²) in [6.07, 6.45) is 0.701. The van der Waals surface area contributed by atoms with Crippen molar-refractivity contribution in [1.29, 1.82) is 0 Å². The summed E-state index contributed by atoms with van der Waals surface area (Å²) in [7, 11) is 0. The maximum Gasteiger partial charge on any atom is 0.338 e.